The van der Waals surface area contributed by atoms with E-state index in [0.717, 1.165) is 30.0 Å². The van der Waals surface area contributed by atoms with Gasteiger partial charge in [-0.2, -0.15) is 0 Å². The molecule has 0 saturated carbocycles. The molecule has 1 atom stereocenters. The second-order valence-corrected chi connectivity index (χ2v) is 5.37. The minimum absolute atomic E-state index is 0.307. The number of benzene rings is 1. The molecule has 5 nitrogen and oxygen atoms in total. The van der Waals surface area contributed by atoms with Gasteiger partial charge in [0.15, 0.2) is 11.5 Å². The lowest BCUT2D eigenvalue weighted by Gasteiger charge is -2.25. The lowest BCUT2D eigenvalue weighted by Crippen LogP contribution is -2.35. The second-order valence-electron chi connectivity index (χ2n) is 5.37. The van der Waals surface area contributed by atoms with Crippen molar-refractivity contribution in [3.8, 4) is 11.5 Å². The third-order valence-corrected chi connectivity index (χ3v) is 3.43. The van der Waals surface area contributed by atoms with Gasteiger partial charge < -0.3 is 19.3 Å². The predicted molar refractivity (Wildman–Crippen MR) is 92.1 cm³/mol. The van der Waals surface area contributed by atoms with Crippen LogP contribution in [0.3, 0.4) is 0 Å². The maximum Gasteiger partial charge on any atom is 0.165 e. The minimum Gasteiger partial charge on any atom is -0.493 e. The van der Waals surface area contributed by atoms with E-state index in [1.54, 1.807) is 20.3 Å². The number of aliphatic hydroxyl groups excluding tert-OH is 1. The summed E-state index contributed by atoms with van der Waals surface area (Å²) in [7, 11) is 3.27. The van der Waals surface area contributed by atoms with Crippen LogP contribution in [-0.4, -0.2) is 56.6 Å². The van der Waals surface area contributed by atoms with E-state index in [2.05, 4.69) is 18.4 Å². The van der Waals surface area contributed by atoms with Crippen molar-refractivity contribution in [2.75, 3.05) is 40.5 Å². The molecule has 0 aliphatic carbocycles. The van der Waals surface area contributed by atoms with E-state index in [4.69, 9.17) is 14.2 Å². The van der Waals surface area contributed by atoms with Crippen LogP contribution in [0.5, 0.6) is 11.5 Å². The number of para-hydroxylation sites is 1. The lowest BCUT2D eigenvalue weighted by molar-refractivity contribution is 0.0245. The Morgan fingerprint density at radius 2 is 2.09 bits per heavy atom. The van der Waals surface area contributed by atoms with Gasteiger partial charge in [0.2, 0.25) is 0 Å². The standard InChI is InChI=1S/C18H29NO4/c1-5-10-19(13-16(20)14-23-11-6-2)12-15-8-7-9-17(21-3)18(15)22-4/h6-9,16,20H,2,5,10-14H2,1,3-4H3. The topological polar surface area (TPSA) is 51.2 Å². The van der Waals surface area contributed by atoms with Crippen molar-refractivity contribution in [3.05, 3.63) is 36.4 Å². The maximum atomic E-state index is 10.1. The van der Waals surface area contributed by atoms with Gasteiger partial charge in [0.25, 0.3) is 0 Å². The van der Waals surface area contributed by atoms with Crippen molar-refractivity contribution < 1.29 is 19.3 Å². The fraction of sp³-hybridized carbons (Fsp3) is 0.556. The van der Waals surface area contributed by atoms with Crippen LogP contribution in [0, 0.1) is 0 Å². The number of nitrogens with zero attached hydrogens (tertiary/aromatic N) is 1. The Morgan fingerprint density at radius 1 is 1.30 bits per heavy atom. The molecule has 5 heteroatoms. The van der Waals surface area contributed by atoms with Gasteiger partial charge in [-0.15, -0.1) is 6.58 Å². The first-order valence-electron chi connectivity index (χ1n) is 7.95. The Morgan fingerprint density at radius 3 is 2.70 bits per heavy atom. The van der Waals surface area contributed by atoms with Crippen LogP contribution in [0.15, 0.2) is 30.9 Å². The van der Waals surface area contributed by atoms with Gasteiger partial charge in [-0.25, -0.2) is 0 Å². The van der Waals surface area contributed by atoms with Gasteiger partial charge in [0.1, 0.15) is 0 Å². The summed E-state index contributed by atoms with van der Waals surface area (Å²) >= 11 is 0. The first kappa shape index (κ1) is 19.5. The molecule has 0 radical (unpaired) electrons. The third-order valence-electron chi connectivity index (χ3n) is 3.43. The van der Waals surface area contributed by atoms with E-state index in [-0.39, 0.29) is 0 Å². The molecule has 0 amide bonds. The Balaban J connectivity index is 2.73. The van der Waals surface area contributed by atoms with E-state index in [9.17, 15) is 5.11 Å². The first-order valence-corrected chi connectivity index (χ1v) is 7.95. The molecule has 23 heavy (non-hydrogen) atoms. The van der Waals surface area contributed by atoms with Crippen LogP contribution in [0.25, 0.3) is 0 Å². The van der Waals surface area contributed by atoms with Crippen molar-refractivity contribution in [2.45, 2.75) is 26.0 Å². The summed E-state index contributed by atoms with van der Waals surface area (Å²) in [6, 6.07) is 5.85. The van der Waals surface area contributed by atoms with Crippen molar-refractivity contribution in [1.29, 1.82) is 0 Å². The summed E-state index contributed by atoms with van der Waals surface area (Å²) in [6.07, 6.45) is 2.16. The average Bonchev–Trinajstić information content (AvgIpc) is 2.55. The van der Waals surface area contributed by atoms with E-state index < -0.39 is 6.10 Å². The van der Waals surface area contributed by atoms with Crippen molar-refractivity contribution >= 4 is 0 Å². The SMILES string of the molecule is C=CCOCC(O)CN(CCC)Cc1cccc(OC)c1OC. The number of rotatable bonds is 12. The summed E-state index contributed by atoms with van der Waals surface area (Å²) in [5.41, 5.74) is 1.04. The summed E-state index contributed by atoms with van der Waals surface area (Å²) in [5.74, 6) is 1.46. The van der Waals surface area contributed by atoms with Gasteiger partial charge in [-0.3, -0.25) is 4.90 Å². The van der Waals surface area contributed by atoms with Gasteiger partial charge in [0.05, 0.1) is 33.5 Å². The smallest absolute Gasteiger partial charge is 0.165 e. The Labute approximate surface area is 139 Å². The zero-order chi connectivity index (χ0) is 17.1. The summed E-state index contributed by atoms with van der Waals surface area (Å²) < 4.78 is 16.1. The van der Waals surface area contributed by atoms with E-state index in [1.165, 1.54) is 0 Å². The molecule has 0 heterocycles. The molecular formula is C18H29NO4. The molecule has 0 aliphatic rings. The Hall–Kier alpha value is -1.56. The molecule has 1 N–H and O–H groups in total. The van der Waals surface area contributed by atoms with Crippen molar-refractivity contribution in [1.82, 2.24) is 4.90 Å². The van der Waals surface area contributed by atoms with E-state index in [1.807, 2.05) is 18.2 Å². The first-order chi connectivity index (χ1) is 11.2. The number of hydrogen-bond donors (Lipinski definition) is 1. The Kier molecular flexibility index (Phi) is 9.36. The summed E-state index contributed by atoms with van der Waals surface area (Å²) in [6.45, 7) is 8.60. The van der Waals surface area contributed by atoms with Crippen LogP contribution >= 0.6 is 0 Å². The van der Waals surface area contributed by atoms with Crippen LogP contribution in [0.1, 0.15) is 18.9 Å². The average molecular weight is 323 g/mol. The van der Waals surface area contributed by atoms with E-state index in [0.29, 0.717) is 26.3 Å². The highest BCUT2D eigenvalue weighted by Crippen LogP contribution is 2.31. The summed E-state index contributed by atoms with van der Waals surface area (Å²) in [4.78, 5) is 2.19. The number of ether oxygens (including phenoxy) is 3. The van der Waals surface area contributed by atoms with Crippen LogP contribution < -0.4 is 9.47 Å². The predicted octanol–water partition coefficient (Wildman–Crippen LogP) is 2.48. The van der Waals surface area contributed by atoms with Crippen molar-refractivity contribution in [3.63, 3.8) is 0 Å². The van der Waals surface area contributed by atoms with E-state index >= 15 is 0 Å². The fourth-order valence-corrected chi connectivity index (χ4v) is 2.51. The number of methoxy groups -OCH3 is 2. The van der Waals surface area contributed by atoms with Gasteiger partial charge in [-0.1, -0.05) is 25.1 Å². The van der Waals surface area contributed by atoms with Crippen LogP contribution in [0.2, 0.25) is 0 Å². The molecule has 0 fully saturated rings. The molecule has 0 aliphatic heterocycles. The third kappa shape index (κ3) is 6.60. The molecule has 1 aromatic carbocycles. The highest BCUT2D eigenvalue weighted by Gasteiger charge is 2.16. The largest absolute Gasteiger partial charge is 0.493 e. The molecule has 1 aromatic rings. The highest BCUT2D eigenvalue weighted by molar-refractivity contribution is 5.46. The van der Waals surface area contributed by atoms with Gasteiger partial charge in [0, 0.05) is 18.7 Å². The van der Waals surface area contributed by atoms with Crippen LogP contribution in [-0.2, 0) is 11.3 Å². The normalized spacial score (nSPS) is 12.2. The zero-order valence-corrected chi connectivity index (χ0v) is 14.5. The van der Waals surface area contributed by atoms with Gasteiger partial charge >= 0.3 is 0 Å². The fourth-order valence-electron chi connectivity index (χ4n) is 2.51. The number of aliphatic hydroxyl groups is 1. The second kappa shape index (κ2) is 11.0. The van der Waals surface area contributed by atoms with Crippen LogP contribution in [0.4, 0.5) is 0 Å². The molecule has 0 bridgehead atoms. The quantitative estimate of drug-likeness (QED) is 0.473. The molecule has 1 rings (SSSR count). The molecule has 0 spiro atoms. The minimum atomic E-state index is -0.530. The molecule has 0 aromatic heterocycles. The molecule has 1 unspecified atom stereocenters. The monoisotopic (exact) mass is 323 g/mol. The highest BCUT2D eigenvalue weighted by atomic mass is 16.5. The molecular weight excluding hydrogens is 294 g/mol. The zero-order valence-electron chi connectivity index (χ0n) is 14.5. The molecule has 130 valence electrons. The van der Waals surface area contributed by atoms with Crippen molar-refractivity contribution in [2.24, 2.45) is 0 Å². The molecule has 0 saturated heterocycles. The summed E-state index contributed by atoms with van der Waals surface area (Å²) in [5, 5.41) is 10.1. The van der Waals surface area contributed by atoms with Gasteiger partial charge in [-0.05, 0) is 19.0 Å². The number of hydrogen-bond acceptors (Lipinski definition) is 5. The Bertz CT molecular complexity index is 464. The lowest BCUT2D eigenvalue weighted by atomic mass is 10.1. The maximum absolute atomic E-state index is 10.1.